The first kappa shape index (κ1) is 14.5. The third kappa shape index (κ3) is 3.46. The number of hydrogen-bond donors (Lipinski definition) is 0. The van der Waals surface area contributed by atoms with Gasteiger partial charge < -0.3 is 4.74 Å². The Morgan fingerprint density at radius 1 is 1.30 bits per heavy atom. The molecule has 0 spiro atoms. The van der Waals surface area contributed by atoms with Gasteiger partial charge in [0.05, 0.1) is 18.8 Å². The van der Waals surface area contributed by atoms with Gasteiger partial charge in [-0.15, -0.1) is 5.10 Å². The van der Waals surface area contributed by atoms with Crippen LogP contribution in [-0.4, -0.2) is 27.7 Å². The van der Waals surface area contributed by atoms with E-state index in [-0.39, 0.29) is 6.10 Å². The van der Waals surface area contributed by atoms with Crippen molar-refractivity contribution in [2.24, 2.45) is 5.92 Å². The van der Waals surface area contributed by atoms with Crippen LogP contribution in [0.25, 0.3) is 11.3 Å². The first-order valence-corrected chi connectivity index (χ1v) is 8.42. The summed E-state index contributed by atoms with van der Waals surface area (Å²) in [5.41, 5.74) is 4.32. The smallest absolute Gasteiger partial charge is 0.113 e. The van der Waals surface area contributed by atoms with Gasteiger partial charge in [0.25, 0.3) is 0 Å². The quantitative estimate of drug-likeness (QED) is 0.818. The minimum Gasteiger partial charge on any atom is -0.376 e. The molecule has 1 aromatic heterocycles. The van der Waals surface area contributed by atoms with Crippen molar-refractivity contribution in [3.8, 4) is 23.1 Å². The second-order valence-electron chi connectivity index (χ2n) is 6.53. The van der Waals surface area contributed by atoms with Gasteiger partial charge in [0, 0.05) is 23.7 Å². The predicted molar refractivity (Wildman–Crippen MR) is 88.8 cm³/mol. The molecule has 1 unspecified atom stereocenters. The van der Waals surface area contributed by atoms with Crippen LogP contribution in [0, 0.1) is 24.7 Å². The van der Waals surface area contributed by atoms with Crippen LogP contribution in [0.3, 0.4) is 0 Å². The van der Waals surface area contributed by atoms with Gasteiger partial charge in [-0.2, -0.15) is 0 Å². The van der Waals surface area contributed by atoms with E-state index in [0.717, 1.165) is 42.8 Å². The van der Waals surface area contributed by atoms with Crippen molar-refractivity contribution in [2.75, 3.05) is 6.61 Å². The normalized spacial score (nSPS) is 20.3. The van der Waals surface area contributed by atoms with E-state index in [2.05, 4.69) is 47.3 Å². The SMILES string of the molecule is Cc1cc(C#CC2CC2)ccc1-c1cn(CC2CCCO2)nn1. The van der Waals surface area contributed by atoms with Crippen molar-refractivity contribution in [3.05, 3.63) is 35.5 Å². The molecular weight excluding hydrogens is 286 g/mol. The van der Waals surface area contributed by atoms with Gasteiger partial charge in [0.1, 0.15) is 5.69 Å². The lowest BCUT2D eigenvalue weighted by Crippen LogP contribution is -2.15. The average Bonchev–Trinajstić information content (AvgIpc) is 3.03. The number of aryl methyl sites for hydroxylation is 1. The molecule has 4 nitrogen and oxygen atoms in total. The lowest BCUT2D eigenvalue weighted by atomic mass is 10.0. The van der Waals surface area contributed by atoms with Crippen molar-refractivity contribution >= 4 is 0 Å². The molecule has 2 fully saturated rings. The maximum Gasteiger partial charge on any atom is 0.113 e. The molecule has 2 aliphatic rings. The average molecular weight is 307 g/mol. The highest BCUT2D eigenvalue weighted by Crippen LogP contribution is 2.28. The van der Waals surface area contributed by atoms with Crippen molar-refractivity contribution in [1.82, 2.24) is 15.0 Å². The van der Waals surface area contributed by atoms with E-state index in [9.17, 15) is 0 Å². The summed E-state index contributed by atoms with van der Waals surface area (Å²) in [5.74, 6) is 7.21. The van der Waals surface area contributed by atoms with Crippen LogP contribution < -0.4 is 0 Å². The molecule has 4 heteroatoms. The molecule has 1 aliphatic heterocycles. The van der Waals surface area contributed by atoms with Gasteiger partial charge in [0.2, 0.25) is 0 Å². The third-order valence-electron chi connectivity index (χ3n) is 4.45. The molecule has 0 N–H and O–H groups in total. The monoisotopic (exact) mass is 307 g/mol. The number of benzene rings is 1. The van der Waals surface area contributed by atoms with Crippen molar-refractivity contribution in [1.29, 1.82) is 0 Å². The highest BCUT2D eigenvalue weighted by molar-refractivity contribution is 5.64. The van der Waals surface area contributed by atoms with Crippen LogP contribution in [0.4, 0.5) is 0 Å². The number of ether oxygens (including phenoxy) is 1. The van der Waals surface area contributed by atoms with E-state index < -0.39 is 0 Å². The maximum atomic E-state index is 5.66. The summed E-state index contributed by atoms with van der Waals surface area (Å²) < 4.78 is 7.55. The predicted octanol–water partition coefficient (Wildman–Crippen LogP) is 3.19. The second-order valence-corrected chi connectivity index (χ2v) is 6.53. The molecule has 1 aliphatic carbocycles. The van der Waals surface area contributed by atoms with E-state index in [1.807, 2.05) is 10.9 Å². The zero-order chi connectivity index (χ0) is 15.6. The Balaban J connectivity index is 1.51. The van der Waals surface area contributed by atoms with E-state index in [4.69, 9.17) is 4.74 Å². The summed E-state index contributed by atoms with van der Waals surface area (Å²) in [7, 11) is 0. The molecule has 1 saturated carbocycles. The molecule has 0 bridgehead atoms. The van der Waals surface area contributed by atoms with Gasteiger partial charge in [-0.3, -0.25) is 0 Å². The molecular formula is C19H21N3O. The Bertz CT molecular complexity index is 758. The molecule has 1 saturated heterocycles. The van der Waals surface area contributed by atoms with E-state index in [1.165, 1.54) is 18.4 Å². The fourth-order valence-corrected chi connectivity index (χ4v) is 2.95. The fourth-order valence-electron chi connectivity index (χ4n) is 2.95. The van der Waals surface area contributed by atoms with Gasteiger partial charge in [-0.25, -0.2) is 4.68 Å². The minimum atomic E-state index is 0.283. The van der Waals surface area contributed by atoms with Crippen molar-refractivity contribution < 1.29 is 4.74 Å². The molecule has 1 atom stereocenters. The Labute approximate surface area is 136 Å². The summed E-state index contributed by atoms with van der Waals surface area (Å²) in [5, 5.41) is 8.57. The lowest BCUT2D eigenvalue weighted by molar-refractivity contribution is 0.0935. The van der Waals surface area contributed by atoms with Crippen LogP contribution in [-0.2, 0) is 11.3 Å². The Morgan fingerprint density at radius 3 is 2.96 bits per heavy atom. The largest absolute Gasteiger partial charge is 0.376 e. The molecule has 1 aromatic carbocycles. The summed E-state index contributed by atoms with van der Waals surface area (Å²) >= 11 is 0. The summed E-state index contributed by atoms with van der Waals surface area (Å²) in [6.07, 6.45) is 7.08. The van der Waals surface area contributed by atoms with E-state index in [0.29, 0.717) is 5.92 Å². The minimum absolute atomic E-state index is 0.283. The zero-order valence-corrected chi connectivity index (χ0v) is 13.5. The summed E-state index contributed by atoms with van der Waals surface area (Å²) in [4.78, 5) is 0. The van der Waals surface area contributed by atoms with Gasteiger partial charge >= 0.3 is 0 Å². The number of hydrogen-bond acceptors (Lipinski definition) is 3. The third-order valence-corrected chi connectivity index (χ3v) is 4.45. The molecule has 4 rings (SSSR count). The molecule has 23 heavy (non-hydrogen) atoms. The van der Waals surface area contributed by atoms with Gasteiger partial charge in [0.15, 0.2) is 0 Å². The fraction of sp³-hybridized carbons (Fsp3) is 0.474. The molecule has 2 aromatic rings. The Kier molecular flexibility index (Phi) is 3.88. The topological polar surface area (TPSA) is 39.9 Å². The summed E-state index contributed by atoms with van der Waals surface area (Å²) in [6, 6.07) is 6.33. The van der Waals surface area contributed by atoms with E-state index >= 15 is 0 Å². The Morgan fingerprint density at radius 2 is 2.22 bits per heavy atom. The Hall–Kier alpha value is -2.12. The number of aromatic nitrogens is 3. The first-order valence-electron chi connectivity index (χ1n) is 8.42. The molecule has 2 heterocycles. The highest BCUT2D eigenvalue weighted by Gasteiger charge is 2.18. The number of rotatable bonds is 3. The second kappa shape index (κ2) is 6.17. The van der Waals surface area contributed by atoms with E-state index in [1.54, 1.807) is 0 Å². The van der Waals surface area contributed by atoms with Crippen LogP contribution >= 0.6 is 0 Å². The lowest BCUT2D eigenvalue weighted by Gasteiger charge is -2.07. The standard InChI is InChI=1S/C19H21N3O/c1-14-11-16(7-6-15-4-5-15)8-9-18(14)19-13-22(21-20-19)12-17-3-2-10-23-17/h8-9,11,13,15,17H,2-5,10,12H2,1H3. The van der Waals surface area contributed by atoms with Gasteiger partial charge in [-0.1, -0.05) is 23.1 Å². The van der Waals surface area contributed by atoms with Crippen LogP contribution in [0.5, 0.6) is 0 Å². The van der Waals surface area contributed by atoms with Crippen molar-refractivity contribution in [3.63, 3.8) is 0 Å². The van der Waals surface area contributed by atoms with Crippen LogP contribution in [0.1, 0.15) is 36.8 Å². The molecule has 0 radical (unpaired) electrons. The highest BCUT2D eigenvalue weighted by atomic mass is 16.5. The van der Waals surface area contributed by atoms with Crippen LogP contribution in [0.2, 0.25) is 0 Å². The summed E-state index contributed by atoms with van der Waals surface area (Å²) in [6.45, 7) is 3.77. The number of nitrogens with zero attached hydrogens (tertiary/aromatic N) is 3. The maximum absolute atomic E-state index is 5.66. The molecule has 0 amide bonds. The van der Waals surface area contributed by atoms with Crippen LogP contribution in [0.15, 0.2) is 24.4 Å². The van der Waals surface area contributed by atoms with Gasteiger partial charge in [-0.05, 0) is 50.3 Å². The zero-order valence-electron chi connectivity index (χ0n) is 13.5. The first-order chi connectivity index (χ1) is 11.3. The van der Waals surface area contributed by atoms with Crippen molar-refractivity contribution in [2.45, 2.75) is 45.3 Å². The molecule has 118 valence electrons.